The Hall–Kier alpha value is -2.20. The minimum atomic E-state index is -0.476. The number of carbonyl (C=O) groups is 4. The molecule has 10 heteroatoms. The molecule has 0 amide bonds. The summed E-state index contributed by atoms with van der Waals surface area (Å²) < 4.78 is 19.9. The van der Waals surface area contributed by atoms with Gasteiger partial charge in [-0.2, -0.15) is 0 Å². The fourth-order valence-electron chi connectivity index (χ4n) is 2.32. The summed E-state index contributed by atoms with van der Waals surface area (Å²) in [6, 6.07) is 0. The van der Waals surface area contributed by atoms with Crippen molar-refractivity contribution >= 4 is 23.9 Å². The molecule has 0 aliphatic rings. The van der Waals surface area contributed by atoms with Gasteiger partial charge in [0.15, 0.2) is 0 Å². The van der Waals surface area contributed by atoms with Crippen LogP contribution in [0.4, 0.5) is 0 Å². The molecule has 0 spiro atoms. The molecule has 0 fully saturated rings. The Kier molecular flexibility index (Phi) is 15.5. The van der Waals surface area contributed by atoms with Crippen molar-refractivity contribution in [1.29, 1.82) is 0 Å². The molecule has 0 aromatic carbocycles. The normalized spacial score (nSPS) is 10.7. The van der Waals surface area contributed by atoms with Crippen LogP contribution in [0.15, 0.2) is 0 Å². The first-order valence-electron chi connectivity index (χ1n) is 9.93. The Morgan fingerprint density at radius 3 is 1.14 bits per heavy atom. The first-order valence-corrected chi connectivity index (χ1v) is 9.93. The number of hydrogen-bond acceptors (Lipinski definition) is 10. The summed E-state index contributed by atoms with van der Waals surface area (Å²) in [5.41, 5.74) is 0. The fraction of sp³-hybridized carbons (Fsp3) is 0.789. The maximum atomic E-state index is 11.9. The molecule has 0 N–H and O–H groups in total. The highest BCUT2D eigenvalue weighted by Gasteiger charge is 2.20. The van der Waals surface area contributed by atoms with E-state index in [-0.39, 0.29) is 59.1 Å². The van der Waals surface area contributed by atoms with Gasteiger partial charge in [-0.15, -0.1) is 0 Å². The molecule has 0 aromatic rings. The molecule has 0 aliphatic heterocycles. The van der Waals surface area contributed by atoms with Crippen molar-refractivity contribution < 1.29 is 38.1 Å². The van der Waals surface area contributed by atoms with Crippen LogP contribution in [0.1, 0.15) is 34.1 Å². The van der Waals surface area contributed by atoms with Gasteiger partial charge in [0.1, 0.15) is 0 Å². The summed E-state index contributed by atoms with van der Waals surface area (Å²) in [4.78, 5) is 50.5. The van der Waals surface area contributed by atoms with Gasteiger partial charge in [0.05, 0.1) is 52.6 Å². The van der Waals surface area contributed by atoms with Crippen molar-refractivity contribution in [2.24, 2.45) is 0 Å². The molecule has 0 unspecified atom stereocenters. The van der Waals surface area contributed by atoms with E-state index in [1.54, 1.807) is 30.6 Å². The third-order valence-electron chi connectivity index (χ3n) is 3.53. The van der Waals surface area contributed by atoms with E-state index in [0.717, 1.165) is 0 Å². The molecule has 0 aromatic heterocycles. The van der Waals surface area contributed by atoms with Crippen LogP contribution in [0, 0.1) is 0 Å². The Morgan fingerprint density at radius 2 is 0.862 bits per heavy atom. The van der Waals surface area contributed by atoms with E-state index < -0.39 is 23.9 Å². The monoisotopic (exact) mass is 418 g/mol. The van der Waals surface area contributed by atoms with E-state index in [0.29, 0.717) is 13.0 Å². The Labute approximate surface area is 172 Å². The standard InChI is InChI=1S/C19H34N2O8/c1-5-11-29-19(25)15-21(14-18(24)28-8-4)10-9-20(12-16(22)26-6-2)13-17(23)27-7-3/h5-15H2,1-4H3. The zero-order valence-corrected chi connectivity index (χ0v) is 17.9. The van der Waals surface area contributed by atoms with Gasteiger partial charge in [-0.1, -0.05) is 6.92 Å². The third-order valence-corrected chi connectivity index (χ3v) is 3.53. The van der Waals surface area contributed by atoms with Crippen LogP contribution in [0.3, 0.4) is 0 Å². The second kappa shape index (κ2) is 16.7. The quantitative estimate of drug-likeness (QED) is 0.255. The van der Waals surface area contributed by atoms with Gasteiger partial charge in [0.25, 0.3) is 0 Å². The lowest BCUT2D eigenvalue weighted by Gasteiger charge is -2.25. The second-order valence-electron chi connectivity index (χ2n) is 6.06. The van der Waals surface area contributed by atoms with Crippen LogP contribution in [-0.4, -0.2) is 99.4 Å². The summed E-state index contributed by atoms with van der Waals surface area (Å²) in [7, 11) is 0. The Balaban J connectivity index is 4.97. The first-order chi connectivity index (χ1) is 13.9. The lowest BCUT2D eigenvalue weighted by Crippen LogP contribution is -2.44. The highest BCUT2D eigenvalue weighted by atomic mass is 16.5. The lowest BCUT2D eigenvalue weighted by atomic mass is 10.3. The molecule has 0 rings (SSSR count). The number of carbonyl (C=O) groups excluding carboxylic acids is 4. The SMILES string of the molecule is CCCOC(=O)CN(CCN(CC(=O)OCC)CC(=O)OCC)CC(=O)OCC. The first kappa shape index (κ1) is 26.8. The van der Waals surface area contributed by atoms with E-state index in [1.807, 2.05) is 6.92 Å². The van der Waals surface area contributed by atoms with Crippen molar-refractivity contribution in [2.45, 2.75) is 34.1 Å². The number of ether oxygens (including phenoxy) is 4. The fourth-order valence-corrected chi connectivity index (χ4v) is 2.32. The molecular formula is C19H34N2O8. The summed E-state index contributed by atoms with van der Waals surface area (Å²) in [6.07, 6.45) is 0.691. The number of nitrogens with zero attached hydrogens (tertiary/aromatic N) is 2. The maximum absolute atomic E-state index is 11.9. The predicted molar refractivity (Wildman–Crippen MR) is 104 cm³/mol. The molecule has 0 bridgehead atoms. The van der Waals surface area contributed by atoms with E-state index in [4.69, 9.17) is 18.9 Å². The molecule has 10 nitrogen and oxygen atoms in total. The average molecular weight is 418 g/mol. The van der Waals surface area contributed by atoms with Crippen LogP contribution in [0.2, 0.25) is 0 Å². The molecule has 0 heterocycles. The number of hydrogen-bond donors (Lipinski definition) is 0. The molecule has 29 heavy (non-hydrogen) atoms. The summed E-state index contributed by atoms with van der Waals surface area (Å²) in [5, 5.41) is 0. The van der Waals surface area contributed by atoms with Gasteiger partial charge in [-0.05, 0) is 27.2 Å². The highest BCUT2D eigenvalue weighted by molar-refractivity contribution is 5.75. The van der Waals surface area contributed by atoms with Crippen molar-refractivity contribution in [3.05, 3.63) is 0 Å². The van der Waals surface area contributed by atoms with E-state index in [2.05, 4.69) is 0 Å². The predicted octanol–water partition coefficient (Wildman–Crippen LogP) is 0.233. The molecule has 0 saturated carbocycles. The zero-order chi connectivity index (χ0) is 22.1. The second-order valence-corrected chi connectivity index (χ2v) is 6.06. The van der Waals surface area contributed by atoms with Gasteiger partial charge in [0, 0.05) is 13.1 Å². The number of rotatable bonds is 16. The number of esters is 4. The van der Waals surface area contributed by atoms with Crippen molar-refractivity contribution in [3.63, 3.8) is 0 Å². The molecular weight excluding hydrogens is 384 g/mol. The minimum absolute atomic E-state index is 0.106. The molecule has 168 valence electrons. The molecule has 0 aliphatic carbocycles. The van der Waals surface area contributed by atoms with Crippen LogP contribution in [-0.2, 0) is 38.1 Å². The van der Waals surface area contributed by atoms with E-state index in [9.17, 15) is 19.2 Å². The van der Waals surface area contributed by atoms with Crippen molar-refractivity contribution in [1.82, 2.24) is 9.80 Å². The molecule has 0 radical (unpaired) electrons. The van der Waals surface area contributed by atoms with Crippen LogP contribution < -0.4 is 0 Å². The van der Waals surface area contributed by atoms with Crippen molar-refractivity contribution in [3.8, 4) is 0 Å². The van der Waals surface area contributed by atoms with E-state index >= 15 is 0 Å². The molecule has 0 saturated heterocycles. The lowest BCUT2D eigenvalue weighted by molar-refractivity contribution is -0.151. The summed E-state index contributed by atoms with van der Waals surface area (Å²) >= 11 is 0. The topological polar surface area (TPSA) is 112 Å². The van der Waals surface area contributed by atoms with Crippen LogP contribution in [0.25, 0.3) is 0 Å². The maximum Gasteiger partial charge on any atom is 0.320 e. The Morgan fingerprint density at radius 1 is 0.552 bits per heavy atom. The van der Waals surface area contributed by atoms with Crippen molar-refractivity contribution in [2.75, 3.05) is 65.7 Å². The zero-order valence-electron chi connectivity index (χ0n) is 17.9. The van der Waals surface area contributed by atoms with Gasteiger partial charge in [-0.25, -0.2) is 0 Å². The van der Waals surface area contributed by atoms with Crippen LogP contribution >= 0.6 is 0 Å². The third kappa shape index (κ3) is 14.5. The summed E-state index contributed by atoms with van der Waals surface area (Å²) in [5.74, 6) is -1.89. The van der Waals surface area contributed by atoms with E-state index in [1.165, 1.54) is 0 Å². The minimum Gasteiger partial charge on any atom is -0.465 e. The average Bonchev–Trinajstić information content (AvgIpc) is 2.64. The van der Waals surface area contributed by atoms with Gasteiger partial charge < -0.3 is 18.9 Å². The van der Waals surface area contributed by atoms with Gasteiger partial charge >= 0.3 is 23.9 Å². The smallest absolute Gasteiger partial charge is 0.320 e. The van der Waals surface area contributed by atoms with Gasteiger partial charge in [0.2, 0.25) is 0 Å². The molecule has 0 atom stereocenters. The Bertz CT molecular complexity index is 492. The van der Waals surface area contributed by atoms with Gasteiger partial charge in [-0.3, -0.25) is 29.0 Å². The van der Waals surface area contributed by atoms with Crippen LogP contribution in [0.5, 0.6) is 0 Å². The summed E-state index contributed by atoms with van der Waals surface area (Å²) in [6.45, 7) is 7.96. The largest absolute Gasteiger partial charge is 0.465 e. The highest BCUT2D eigenvalue weighted by Crippen LogP contribution is 1.99.